The Hall–Kier alpha value is -6.01. The number of nitrogens with one attached hydrogen (secondary N) is 3. The summed E-state index contributed by atoms with van der Waals surface area (Å²) in [6.07, 6.45) is 5.00. The molecule has 1 saturated carbocycles. The predicted octanol–water partition coefficient (Wildman–Crippen LogP) is 6.26. The number of carbonyl (C=O) groups excluding carboxylic acids is 4. The number of halogens is 3. The van der Waals surface area contributed by atoms with Crippen molar-refractivity contribution >= 4 is 35.1 Å². The average Bonchev–Trinajstić information content (AvgIpc) is 3.94. The molecule has 342 valence electrons. The number of methoxy groups -OCH3 is 1. The second kappa shape index (κ2) is 20.7. The molecule has 64 heavy (non-hydrogen) atoms. The lowest BCUT2D eigenvalue weighted by Gasteiger charge is -2.36. The lowest BCUT2D eigenvalue weighted by molar-refractivity contribution is -0.274. The van der Waals surface area contributed by atoms with Crippen molar-refractivity contribution in [3.05, 3.63) is 78.4 Å². The van der Waals surface area contributed by atoms with Crippen LogP contribution in [-0.2, 0) is 19.1 Å². The summed E-state index contributed by atoms with van der Waals surface area (Å²) in [5.74, 6) is 0.272. The third kappa shape index (κ3) is 11.0. The number of carbonyl (C=O) groups is 4. The molecule has 4 heterocycles. The van der Waals surface area contributed by atoms with Crippen LogP contribution in [0.1, 0.15) is 74.1 Å². The molecule has 0 radical (unpaired) electrons. The lowest BCUT2D eigenvalue weighted by Crippen LogP contribution is -2.52. The molecule has 0 bridgehead atoms. The van der Waals surface area contributed by atoms with Gasteiger partial charge in [-0.1, -0.05) is 50.5 Å². The first-order valence-corrected chi connectivity index (χ1v) is 21.9. The number of likely N-dealkylation sites (N-methyl/N-ethyl adjacent to an activating group) is 1. The number of rotatable bonds is 16. The third-order valence-electron chi connectivity index (χ3n) is 12.3. The van der Waals surface area contributed by atoms with E-state index in [-0.39, 0.29) is 60.6 Å². The summed E-state index contributed by atoms with van der Waals surface area (Å²) < 4.78 is 50.6. The zero-order valence-electron chi connectivity index (χ0n) is 36.5. The third-order valence-corrected chi connectivity index (χ3v) is 12.3. The molecule has 3 N–H and O–H groups in total. The standard InChI is InChI=1S/C46H56F3N9O6/c1-4-5-18-57(43(61)29-63-3)28-42(60)56-21-19-55(20-22-56)40-17-15-34(25-51-40)53-45(62)33-14-16-35(39(24-33)64-46(47,48)49)30-10-12-31(13-11-30)36-26-52-44(54-36)38-23-32-8-6-7-9-37(32)58(38)41(59)27-50-2/h10-17,24-26,32,37-38,50H,4-9,18-23,27-29H2,1-3H3,(H,52,54)(H,53,62). The highest BCUT2D eigenvalue weighted by molar-refractivity contribution is 6.05. The van der Waals surface area contributed by atoms with E-state index in [1.807, 2.05) is 16.7 Å². The van der Waals surface area contributed by atoms with Crippen molar-refractivity contribution < 1.29 is 41.8 Å². The molecule has 3 aliphatic rings. The first-order chi connectivity index (χ1) is 30.8. The first-order valence-electron chi connectivity index (χ1n) is 21.9. The Balaban J connectivity index is 0.980. The minimum Gasteiger partial charge on any atom is -0.405 e. The molecule has 7 rings (SSSR count). The predicted molar refractivity (Wildman–Crippen MR) is 234 cm³/mol. The van der Waals surface area contributed by atoms with Crippen molar-refractivity contribution in [2.75, 3.05) is 76.8 Å². The van der Waals surface area contributed by atoms with Crippen LogP contribution in [0.25, 0.3) is 22.4 Å². The van der Waals surface area contributed by atoms with Gasteiger partial charge in [0.1, 0.15) is 24.0 Å². The molecule has 2 aliphatic heterocycles. The number of aromatic amines is 1. The highest BCUT2D eigenvalue weighted by atomic mass is 19.4. The van der Waals surface area contributed by atoms with Gasteiger partial charge in [0.15, 0.2) is 0 Å². The van der Waals surface area contributed by atoms with E-state index < -0.39 is 18.0 Å². The lowest BCUT2D eigenvalue weighted by atomic mass is 9.84. The molecular formula is C46H56F3N9O6. The highest BCUT2D eigenvalue weighted by Gasteiger charge is 2.46. The van der Waals surface area contributed by atoms with Crippen LogP contribution in [0.4, 0.5) is 24.7 Å². The fourth-order valence-electron chi connectivity index (χ4n) is 9.05. The van der Waals surface area contributed by atoms with Crippen molar-refractivity contribution in [3.63, 3.8) is 0 Å². The fourth-order valence-corrected chi connectivity index (χ4v) is 9.05. The Kier molecular flexibility index (Phi) is 14.8. The number of piperazine rings is 1. The Morgan fingerprint density at radius 2 is 1.67 bits per heavy atom. The number of unbranched alkanes of at least 4 members (excludes halogenated alkanes) is 1. The number of fused-ring (bicyclic) bond motifs is 1. The van der Waals surface area contributed by atoms with Gasteiger partial charge < -0.3 is 44.7 Å². The summed E-state index contributed by atoms with van der Waals surface area (Å²) in [5.41, 5.74) is 2.33. The number of likely N-dealkylation sites (tertiary alicyclic amines) is 1. The number of imidazole rings is 1. The minimum atomic E-state index is -5.02. The second-order valence-electron chi connectivity index (χ2n) is 16.5. The quantitative estimate of drug-likeness (QED) is 0.117. The molecule has 15 nitrogen and oxygen atoms in total. The molecule has 3 atom stereocenters. The summed E-state index contributed by atoms with van der Waals surface area (Å²) in [5, 5.41) is 5.69. The molecule has 0 spiro atoms. The van der Waals surface area contributed by atoms with Crippen molar-refractivity contribution in [3.8, 4) is 28.1 Å². The number of pyridine rings is 1. The molecule has 3 unspecified atom stereocenters. The molecule has 4 amide bonds. The van der Waals surface area contributed by atoms with Gasteiger partial charge in [-0.2, -0.15) is 0 Å². The highest BCUT2D eigenvalue weighted by Crippen LogP contribution is 2.46. The average molecular weight is 888 g/mol. The topological polar surface area (TPSA) is 165 Å². The van der Waals surface area contributed by atoms with E-state index in [4.69, 9.17) is 4.74 Å². The van der Waals surface area contributed by atoms with Gasteiger partial charge in [-0.05, 0) is 80.1 Å². The number of H-pyrrole nitrogens is 1. The van der Waals surface area contributed by atoms with Crippen molar-refractivity contribution in [1.29, 1.82) is 0 Å². The molecule has 2 saturated heterocycles. The van der Waals surface area contributed by atoms with Crippen LogP contribution in [0, 0.1) is 5.92 Å². The van der Waals surface area contributed by atoms with Crippen molar-refractivity contribution in [2.24, 2.45) is 5.92 Å². The molecule has 2 aromatic carbocycles. The Morgan fingerprint density at radius 1 is 0.922 bits per heavy atom. The Morgan fingerprint density at radius 3 is 2.36 bits per heavy atom. The smallest absolute Gasteiger partial charge is 0.405 e. The van der Waals surface area contributed by atoms with Gasteiger partial charge in [0.05, 0.1) is 42.9 Å². The maximum Gasteiger partial charge on any atom is 0.573 e. The van der Waals surface area contributed by atoms with E-state index in [0.717, 1.165) is 56.6 Å². The zero-order chi connectivity index (χ0) is 45.4. The monoisotopic (exact) mass is 887 g/mol. The zero-order valence-corrected chi connectivity index (χ0v) is 36.5. The Bertz CT molecular complexity index is 2250. The molecule has 4 aromatic rings. The van der Waals surface area contributed by atoms with Crippen LogP contribution < -0.4 is 20.3 Å². The summed E-state index contributed by atoms with van der Waals surface area (Å²) >= 11 is 0. The largest absolute Gasteiger partial charge is 0.573 e. The van der Waals surface area contributed by atoms with E-state index in [2.05, 4.69) is 30.3 Å². The fraction of sp³-hybridized carbons (Fsp3) is 0.478. The van der Waals surface area contributed by atoms with Crippen LogP contribution >= 0.6 is 0 Å². The van der Waals surface area contributed by atoms with Gasteiger partial charge in [-0.25, -0.2) is 9.97 Å². The number of anilines is 2. The number of nitrogens with zero attached hydrogens (tertiary/aromatic N) is 6. The van der Waals surface area contributed by atoms with E-state index in [9.17, 15) is 32.3 Å². The Labute approximate surface area is 370 Å². The van der Waals surface area contributed by atoms with Gasteiger partial charge in [0, 0.05) is 57.0 Å². The number of ether oxygens (including phenoxy) is 2. The van der Waals surface area contributed by atoms with E-state index in [0.29, 0.717) is 67.2 Å². The summed E-state index contributed by atoms with van der Waals surface area (Å²) in [6, 6.07) is 14.2. The summed E-state index contributed by atoms with van der Waals surface area (Å²) in [7, 11) is 3.21. The first kappa shape index (κ1) is 46.0. The maximum absolute atomic E-state index is 13.7. The van der Waals surface area contributed by atoms with Crippen LogP contribution in [-0.4, -0.2) is 132 Å². The van der Waals surface area contributed by atoms with Crippen LogP contribution in [0.3, 0.4) is 0 Å². The van der Waals surface area contributed by atoms with Crippen molar-refractivity contribution in [1.82, 2.24) is 35.0 Å². The molecular weight excluding hydrogens is 832 g/mol. The van der Waals surface area contributed by atoms with Gasteiger partial charge in [0.2, 0.25) is 17.7 Å². The van der Waals surface area contributed by atoms with E-state index >= 15 is 0 Å². The molecule has 18 heteroatoms. The number of alkyl halides is 3. The number of hydrogen-bond acceptors (Lipinski definition) is 10. The van der Waals surface area contributed by atoms with Crippen molar-refractivity contribution in [2.45, 2.75) is 70.3 Å². The van der Waals surface area contributed by atoms with Crippen LogP contribution in [0.5, 0.6) is 5.75 Å². The second-order valence-corrected chi connectivity index (χ2v) is 16.5. The number of amides is 4. The minimum absolute atomic E-state index is 0.00789. The van der Waals surface area contributed by atoms with E-state index in [1.54, 1.807) is 54.5 Å². The van der Waals surface area contributed by atoms with Gasteiger partial charge >= 0.3 is 6.36 Å². The van der Waals surface area contributed by atoms with Gasteiger partial charge in [-0.15, -0.1) is 13.2 Å². The normalized spacial score (nSPS) is 18.7. The number of hydrogen-bond donors (Lipinski definition) is 3. The van der Waals surface area contributed by atoms with Crippen LogP contribution in [0.15, 0.2) is 67.0 Å². The SMILES string of the molecule is CCCCN(CC(=O)N1CCN(c2ccc(NC(=O)c3ccc(-c4ccc(-c5cnc(C6CC7CCCCC7N6C(=O)CNC)[nH]5)cc4)c(OC(F)(F)F)c3)cn2)CC1)C(=O)COC. The number of benzene rings is 2. The van der Waals surface area contributed by atoms with Crippen LogP contribution in [0.2, 0.25) is 0 Å². The molecule has 3 fully saturated rings. The maximum atomic E-state index is 13.7. The van der Waals surface area contributed by atoms with E-state index in [1.165, 1.54) is 30.3 Å². The van der Waals surface area contributed by atoms with Gasteiger partial charge in [0.25, 0.3) is 5.91 Å². The summed E-state index contributed by atoms with van der Waals surface area (Å²) in [4.78, 5) is 72.0. The molecule has 2 aromatic heterocycles. The summed E-state index contributed by atoms with van der Waals surface area (Å²) in [6.45, 7) is 4.56. The number of aromatic nitrogens is 3. The molecule has 1 aliphatic carbocycles. The van der Waals surface area contributed by atoms with Gasteiger partial charge in [-0.3, -0.25) is 19.2 Å².